The number of ether oxygens (including phenoxy) is 2. The molecule has 6 nitrogen and oxygen atoms in total. The van der Waals surface area contributed by atoms with Gasteiger partial charge in [0.2, 0.25) is 5.91 Å². The number of carbonyl (C=O) groups excluding carboxylic acids is 2. The van der Waals surface area contributed by atoms with Gasteiger partial charge in [-0.05, 0) is 30.2 Å². The summed E-state index contributed by atoms with van der Waals surface area (Å²) in [5.74, 6) is 1.22. The van der Waals surface area contributed by atoms with Crippen molar-refractivity contribution in [2.75, 3.05) is 23.9 Å². The standard InChI is InChI=1S/C20H20N2O4/c1-25-17-12-14(8-9-15(17)22-10-4-7-19(22)23)21-20(24)18-11-13-5-2-3-6-16(13)26-18/h2-3,5-6,8-9,12,18H,4,7,10-11H2,1H3,(H,21,24)/t18-/m0/s1. The lowest BCUT2D eigenvalue weighted by Gasteiger charge is -2.20. The molecule has 2 aromatic carbocycles. The lowest BCUT2D eigenvalue weighted by Crippen LogP contribution is -2.31. The molecule has 0 unspecified atom stereocenters. The molecule has 1 atom stereocenters. The second-order valence-corrected chi connectivity index (χ2v) is 6.44. The number of nitrogens with zero attached hydrogens (tertiary/aromatic N) is 1. The van der Waals surface area contributed by atoms with Crippen molar-refractivity contribution < 1.29 is 19.1 Å². The molecule has 0 spiro atoms. The number of hydrogen-bond donors (Lipinski definition) is 1. The molecule has 2 heterocycles. The maximum atomic E-state index is 12.5. The van der Waals surface area contributed by atoms with Crippen molar-refractivity contribution in [3.8, 4) is 11.5 Å². The smallest absolute Gasteiger partial charge is 0.265 e. The number of carbonyl (C=O) groups is 2. The van der Waals surface area contributed by atoms with Crippen LogP contribution in [0.1, 0.15) is 18.4 Å². The lowest BCUT2D eigenvalue weighted by atomic mass is 10.1. The molecule has 0 saturated carbocycles. The molecule has 0 bridgehead atoms. The number of nitrogens with one attached hydrogen (secondary N) is 1. The van der Waals surface area contributed by atoms with E-state index in [1.165, 1.54) is 0 Å². The van der Waals surface area contributed by atoms with Crippen LogP contribution in [0, 0.1) is 0 Å². The van der Waals surface area contributed by atoms with Gasteiger partial charge in [0.25, 0.3) is 5.91 Å². The van der Waals surface area contributed by atoms with Gasteiger partial charge >= 0.3 is 0 Å². The number of amides is 2. The summed E-state index contributed by atoms with van der Waals surface area (Å²) in [6, 6.07) is 13.0. The summed E-state index contributed by atoms with van der Waals surface area (Å²) in [5.41, 5.74) is 2.38. The van der Waals surface area contributed by atoms with Gasteiger partial charge in [-0.3, -0.25) is 9.59 Å². The lowest BCUT2D eigenvalue weighted by molar-refractivity contribution is -0.122. The Balaban J connectivity index is 1.48. The maximum absolute atomic E-state index is 12.5. The molecule has 4 rings (SSSR count). The predicted octanol–water partition coefficient (Wildman–Crippen LogP) is 2.76. The third-order valence-electron chi connectivity index (χ3n) is 4.75. The molecule has 0 aliphatic carbocycles. The van der Waals surface area contributed by atoms with Gasteiger partial charge in [0, 0.05) is 31.1 Å². The van der Waals surface area contributed by atoms with E-state index in [9.17, 15) is 9.59 Å². The third kappa shape index (κ3) is 2.98. The molecule has 26 heavy (non-hydrogen) atoms. The summed E-state index contributed by atoms with van der Waals surface area (Å²) in [4.78, 5) is 26.2. The Bertz CT molecular complexity index is 840. The molecule has 6 heteroatoms. The third-order valence-corrected chi connectivity index (χ3v) is 4.75. The number of benzene rings is 2. The molecule has 2 amide bonds. The average Bonchev–Trinajstić information content (AvgIpc) is 3.27. The van der Waals surface area contributed by atoms with Gasteiger partial charge in [-0.25, -0.2) is 0 Å². The van der Waals surface area contributed by atoms with E-state index < -0.39 is 6.10 Å². The molecule has 2 aliphatic heterocycles. The van der Waals surface area contributed by atoms with E-state index in [-0.39, 0.29) is 11.8 Å². The number of methoxy groups -OCH3 is 1. The zero-order valence-corrected chi connectivity index (χ0v) is 14.5. The molecule has 2 aliphatic rings. The summed E-state index contributed by atoms with van der Waals surface area (Å²) in [6.45, 7) is 0.690. The van der Waals surface area contributed by atoms with Gasteiger partial charge in [-0.15, -0.1) is 0 Å². The van der Waals surface area contributed by atoms with Gasteiger partial charge in [0.1, 0.15) is 11.5 Å². The van der Waals surface area contributed by atoms with E-state index in [1.54, 1.807) is 24.1 Å². The summed E-state index contributed by atoms with van der Waals surface area (Å²) in [5, 5.41) is 2.88. The number of anilines is 2. The molecule has 2 aromatic rings. The Morgan fingerprint density at radius 2 is 2.12 bits per heavy atom. The summed E-state index contributed by atoms with van der Waals surface area (Å²) >= 11 is 0. The van der Waals surface area contributed by atoms with E-state index in [0.29, 0.717) is 30.8 Å². The molecule has 1 N–H and O–H groups in total. The fourth-order valence-electron chi connectivity index (χ4n) is 3.43. The van der Waals surface area contributed by atoms with Crippen LogP contribution in [0.2, 0.25) is 0 Å². The summed E-state index contributed by atoms with van der Waals surface area (Å²) in [7, 11) is 1.56. The van der Waals surface area contributed by atoms with E-state index in [4.69, 9.17) is 9.47 Å². The highest BCUT2D eigenvalue weighted by atomic mass is 16.5. The van der Waals surface area contributed by atoms with Crippen LogP contribution in [-0.4, -0.2) is 31.6 Å². The Morgan fingerprint density at radius 3 is 2.85 bits per heavy atom. The molecule has 0 aromatic heterocycles. The van der Waals surface area contributed by atoms with Crippen molar-refractivity contribution in [3.63, 3.8) is 0 Å². The van der Waals surface area contributed by atoms with Crippen LogP contribution < -0.4 is 19.7 Å². The number of para-hydroxylation sites is 1. The Morgan fingerprint density at radius 1 is 1.27 bits per heavy atom. The van der Waals surface area contributed by atoms with Crippen LogP contribution in [0.3, 0.4) is 0 Å². The molecular weight excluding hydrogens is 332 g/mol. The highest BCUT2D eigenvalue weighted by molar-refractivity contribution is 5.98. The summed E-state index contributed by atoms with van der Waals surface area (Å²) < 4.78 is 11.1. The minimum absolute atomic E-state index is 0.0946. The van der Waals surface area contributed by atoms with Crippen LogP contribution in [0.25, 0.3) is 0 Å². The number of rotatable bonds is 4. The SMILES string of the molecule is COc1cc(NC(=O)[C@@H]2Cc3ccccc3O2)ccc1N1CCCC1=O. The van der Waals surface area contributed by atoms with Crippen molar-refractivity contribution in [2.24, 2.45) is 0 Å². The van der Waals surface area contributed by atoms with Gasteiger partial charge in [0.15, 0.2) is 6.10 Å². The first-order chi connectivity index (χ1) is 12.7. The van der Waals surface area contributed by atoms with Crippen molar-refractivity contribution in [2.45, 2.75) is 25.4 Å². The molecule has 134 valence electrons. The average molecular weight is 352 g/mol. The highest BCUT2D eigenvalue weighted by Gasteiger charge is 2.29. The van der Waals surface area contributed by atoms with Crippen LogP contribution in [-0.2, 0) is 16.0 Å². The molecule has 1 fully saturated rings. The minimum Gasteiger partial charge on any atom is -0.494 e. The largest absolute Gasteiger partial charge is 0.494 e. The van der Waals surface area contributed by atoms with Crippen LogP contribution in [0.15, 0.2) is 42.5 Å². The minimum atomic E-state index is -0.543. The summed E-state index contributed by atoms with van der Waals surface area (Å²) in [6.07, 6.45) is 1.42. The molecule has 0 radical (unpaired) electrons. The van der Waals surface area contributed by atoms with Gasteiger partial charge in [-0.2, -0.15) is 0 Å². The predicted molar refractivity (Wildman–Crippen MR) is 97.8 cm³/mol. The van der Waals surface area contributed by atoms with Gasteiger partial charge in [0.05, 0.1) is 12.8 Å². The normalized spacial score (nSPS) is 18.4. The Hall–Kier alpha value is -3.02. The first-order valence-electron chi connectivity index (χ1n) is 8.69. The Kier molecular flexibility index (Phi) is 4.24. The molecule has 1 saturated heterocycles. The van der Waals surface area contributed by atoms with Gasteiger partial charge in [-0.1, -0.05) is 18.2 Å². The maximum Gasteiger partial charge on any atom is 0.265 e. The Labute approximate surface area is 151 Å². The fraction of sp³-hybridized carbons (Fsp3) is 0.300. The first-order valence-corrected chi connectivity index (χ1v) is 8.69. The number of fused-ring (bicyclic) bond motifs is 1. The topological polar surface area (TPSA) is 67.9 Å². The zero-order valence-electron chi connectivity index (χ0n) is 14.5. The quantitative estimate of drug-likeness (QED) is 0.919. The van der Waals surface area contributed by atoms with E-state index in [1.807, 2.05) is 30.3 Å². The monoisotopic (exact) mass is 352 g/mol. The van der Waals surface area contributed by atoms with E-state index in [2.05, 4.69) is 5.32 Å². The fourth-order valence-corrected chi connectivity index (χ4v) is 3.43. The number of hydrogen-bond acceptors (Lipinski definition) is 4. The first kappa shape index (κ1) is 16.4. The van der Waals surface area contributed by atoms with Crippen molar-refractivity contribution in [1.29, 1.82) is 0 Å². The van der Waals surface area contributed by atoms with Crippen LogP contribution >= 0.6 is 0 Å². The van der Waals surface area contributed by atoms with Gasteiger partial charge < -0.3 is 19.7 Å². The molecular formula is C20H20N2O4. The van der Waals surface area contributed by atoms with Crippen molar-refractivity contribution >= 4 is 23.2 Å². The van der Waals surface area contributed by atoms with Crippen LogP contribution in [0.5, 0.6) is 11.5 Å². The van der Waals surface area contributed by atoms with Crippen LogP contribution in [0.4, 0.5) is 11.4 Å². The zero-order chi connectivity index (χ0) is 18.1. The van der Waals surface area contributed by atoms with E-state index >= 15 is 0 Å². The van der Waals surface area contributed by atoms with E-state index in [0.717, 1.165) is 23.4 Å². The van der Waals surface area contributed by atoms with Crippen molar-refractivity contribution in [1.82, 2.24) is 0 Å². The second kappa shape index (κ2) is 6.71. The highest BCUT2D eigenvalue weighted by Crippen LogP contribution is 2.34. The second-order valence-electron chi connectivity index (χ2n) is 6.44. The van der Waals surface area contributed by atoms with Crippen molar-refractivity contribution in [3.05, 3.63) is 48.0 Å².